The minimum Gasteiger partial charge on any atom is -0.756 e. The Balaban J connectivity index is 3.86. The molecule has 0 aromatic rings. The molecular weight excluding hydrogens is 1230 g/mol. The number of unbranched alkanes of at least 4 members (excludes halogenated alkanes) is 57. The van der Waals surface area contributed by atoms with Gasteiger partial charge in [-0.25, -0.2) is 0 Å². The summed E-state index contributed by atoms with van der Waals surface area (Å²) in [4.78, 5) is 38.2. The zero-order chi connectivity index (χ0) is 71.1. The van der Waals surface area contributed by atoms with Crippen LogP contribution in [0.15, 0.2) is 60.8 Å². The number of carbonyl (C=O) groups excluding carboxylic acids is 2. The zero-order valence-electron chi connectivity index (χ0n) is 66.0. The predicted molar refractivity (Wildman–Crippen MR) is 425 cm³/mol. The molecule has 0 aliphatic carbocycles. The molecule has 0 N–H and O–H groups in total. The minimum absolute atomic E-state index is 0.0275. The third-order valence-corrected chi connectivity index (χ3v) is 20.5. The lowest BCUT2D eigenvalue weighted by Crippen LogP contribution is -2.37. The summed E-state index contributed by atoms with van der Waals surface area (Å²) >= 11 is 0. The summed E-state index contributed by atoms with van der Waals surface area (Å²) in [6.45, 7) is 4.21. The van der Waals surface area contributed by atoms with Gasteiger partial charge in [0.05, 0.1) is 27.7 Å². The highest BCUT2D eigenvalue weighted by atomic mass is 31.2. The second-order valence-electron chi connectivity index (χ2n) is 30.5. The molecule has 0 saturated heterocycles. The van der Waals surface area contributed by atoms with Crippen LogP contribution in [0.2, 0.25) is 0 Å². The van der Waals surface area contributed by atoms with Gasteiger partial charge < -0.3 is 27.9 Å². The number of ether oxygens (including phenoxy) is 2. The van der Waals surface area contributed by atoms with Crippen LogP contribution in [-0.4, -0.2) is 70.0 Å². The van der Waals surface area contributed by atoms with Crippen molar-refractivity contribution in [2.45, 2.75) is 444 Å². The van der Waals surface area contributed by atoms with E-state index in [1.54, 1.807) is 0 Å². The first-order chi connectivity index (χ1) is 48.0. The van der Waals surface area contributed by atoms with Gasteiger partial charge in [0.15, 0.2) is 6.10 Å². The SMILES string of the molecule is CC/C=C\C/C=C\C/C=C\C/C=C\CCCCCCCCCCCCCCCCCCCCCCCCCCCCCCC(=O)OC(COC(=O)CCCCCCCCCCCCCCCCCCCCCCC/C=C\CCCCCCCCCC)COP(=O)([O-])OCC[N+](C)(C)C. The summed E-state index contributed by atoms with van der Waals surface area (Å²) in [5.74, 6) is -0.806. The van der Waals surface area contributed by atoms with Crippen LogP contribution in [0.4, 0.5) is 0 Å². The van der Waals surface area contributed by atoms with Crippen LogP contribution in [0.3, 0.4) is 0 Å². The van der Waals surface area contributed by atoms with Crippen LogP contribution in [0.25, 0.3) is 0 Å². The Morgan fingerprint density at radius 3 is 0.878 bits per heavy atom. The van der Waals surface area contributed by atoms with Crippen molar-refractivity contribution in [1.29, 1.82) is 0 Å². The molecule has 9 nitrogen and oxygen atoms in total. The average molecular weight is 1400 g/mol. The molecule has 0 radical (unpaired) electrons. The predicted octanol–water partition coefficient (Wildman–Crippen LogP) is 28.2. The molecular formula is C88H166NO8P. The van der Waals surface area contributed by atoms with E-state index in [9.17, 15) is 19.0 Å². The van der Waals surface area contributed by atoms with E-state index in [0.717, 1.165) is 57.8 Å². The normalized spacial score (nSPS) is 13.2. The molecule has 0 aromatic heterocycles. The van der Waals surface area contributed by atoms with Crippen LogP contribution in [0.1, 0.15) is 438 Å². The van der Waals surface area contributed by atoms with Gasteiger partial charge in [-0.2, -0.15) is 0 Å². The second-order valence-corrected chi connectivity index (χ2v) is 31.9. The van der Waals surface area contributed by atoms with E-state index >= 15 is 0 Å². The van der Waals surface area contributed by atoms with E-state index < -0.39 is 26.5 Å². The first kappa shape index (κ1) is 95.7. The number of likely N-dealkylation sites (N-methyl/N-ethyl adjacent to an activating group) is 1. The first-order valence-electron chi connectivity index (χ1n) is 43.0. The van der Waals surface area contributed by atoms with Gasteiger partial charge in [-0.1, -0.05) is 408 Å². The summed E-state index contributed by atoms with van der Waals surface area (Å²) in [5.41, 5.74) is 0. The van der Waals surface area contributed by atoms with Crippen LogP contribution in [-0.2, 0) is 32.7 Å². The second kappa shape index (κ2) is 78.8. The Hall–Kier alpha value is -2.29. The van der Waals surface area contributed by atoms with Crippen molar-refractivity contribution >= 4 is 19.8 Å². The van der Waals surface area contributed by atoms with Crippen LogP contribution < -0.4 is 4.89 Å². The number of allylic oxidation sites excluding steroid dienone is 10. The van der Waals surface area contributed by atoms with Gasteiger partial charge in [-0.15, -0.1) is 0 Å². The summed E-state index contributed by atoms with van der Waals surface area (Å²) in [6.07, 6.45) is 107. The van der Waals surface area contributed by atoms with Gasteiger partial charge in [-0.3, -0.25) is 14.2 Å². The molecule has 2 unspecified atom stereocenters. The molecule has 0 bridgehead atoms. The summed E-state index contributed by atoms with van der Waals surface area (Å²) < 4.78 is 34.5. The number of nitrogens with zero attached hydrogens (tertiary/aromatic N) is 1. The van der Waals surface area contributed by atoms with Crippen molar-refractivity contribution in [3.63, 3.8) is 0 Å². The Morgan fingerprint density at radius 1 is 0.327 bits per heavy atom. The number of rotatable bonds is 81. The molecule has 576 valence electrons. The zero-order valence-corrected chi connectivity index (χ0v) is 66.9. The summed E-state index contributed by atoms with van der Waals surface area (Å²) in [7, 11) is 1.19. The lowest BCUT2D eigenvalue weighted by atomic mass is 10.0. The first-order valence-corrected chi connectivity index (χ1v) is 44.5. The fraction of sp³-hybridized carbons (Fsp3) is 0.864. The van der Waals surface area contributed by atoms with Crippen molar-refractivity contribution in [3.05, 3.63) is 60.8 Å². The van der Waals surface area contributed by atoms with E-state index in [1.807, 2.05) is 21.1 Å². The Bertz CT molecular complexity index is 1840. The number of carbonyl (C=O) groups is 2. The van der Waals surface area contributed by atoms with E-state index in [0.29, 0.717) is 17.4 Å². The maximum atomic E-state index is 12.9. The van der Waals surface area contributed by atoms with E-state index in [-0.39, 0.29) is 32.0 Å². The molecule has 0 amide bonds. The fourth-order valence-electron chi connectivity index (χ4n) is 13.0. The van der Waals surface area contributed by atoms with Crippen LogP contribution in [0.5, 0.6) is 0 Å². The maximum absolute atomic E-state index is 12.9. The van der Waals surface area contributed by atoms with Crippen LogP contribution in [0, 0.1) is 0 Å². The van der Waals surface area contributed by atoms with Crippen molar-refractivity contribution in [2.24, 2.45) is 0 Å². The number of hydrogen-bond acceptors (Lipinski definition) is 8. The number of phosphoric ester groups is 1. The Labute approximate surface area is 610 Å². The lowest BCUT2D eigenvalue weighted by Gasteiger charge is -2.28. The molecule has 10 heteroatoms. The van der Waals surface area contributed by atoms with Gasteiger partial charge in [0.2, 0.25) is 0 Å². The van der Waals surface area contributed by atoms with Crippen LogP contribution >= 0.6 is 7.82 Å². The van der Waals surface area contributed by atoms with Crippen molar-refractivity contribution in [2.75, 3.05) is 47.5 Å². The highest BCUT2D eigenvalue weighted by Gasteiger charge is 2.22. The molecule has 0 aliphatic rings. The van der Waals surface area contributed by atoms with Crippen molar-refractivity contribution < 1.29 is 42.1 Å². The van der Waals surface area contributed by atoms with E-state index in [2.05, 4.69) is 74.6 Å². The van der Waals surface area contributed by atoms with Gasteiger partial charge in [-0.05, 0) is 77.0 Å². The van der Waals surface area contributed by atoms with E-state index in [4.69, 9.17) is 18.5 Å². The van der Waals surface area contributed by atoms with Crippen molar-refractivity contribution in [1.82, 2.24) is 0 Å². The summed E-state index contributed by atoms with van der Waals surface area (Å²) in [6, 6.07) is 0. The highest BCUT2D eigenvalue weighted by molar-refractivity contribution is 7.45. The topological polar surface area (TPSA) is 111 Å². The smallest absolute Gasteiger partial charge is 0.306 e. The quantitative estimate of drug-likeness (QED) is 0.0195. The summed E-state index contributed by atoms with van der Waals surface area (Å²) in [5, 5.41) is 0. The third kappa shape index (κ3) is 82.7. The molecule has 98 heavy (non-hydrogen) atoms. The highest BCUT2D eigenvalue weighted by Crippen LogP contribution is 2.38. The van der Waals surface area contributed by atoms with Gasteiger partial charge in [0.25, 0.3) is 7.82 Å². The van der Waals surface area contributed by atoms with Gasteiger partial charge in [0.1, 0.15) is 19.8 Å². The van der Waals surface area contributed by atoms with E-state index in [1.165, 1.54) is 347 Å². The third-order valence-electron chi connectivity index (χ3n) is 19.5. The van der Waals surface area contributed by atoms with Crippen molar-refractivity contribution in [3.8, 4) is 0 Å². The number of hydrogen-bond donors (Lipinski definition) is 0. The minimum atomic E-state index is -4.64. The monoisotopic (exact) mass is 1400 g/mol. The molecule has 2 atom stereocenters. The number of phosphoric acid groups is 1. The standard InChI is InChI=1S/C88H166NO8P/c1-6-8-10-12-14-16-18-20-22-24-26-28-30-32-34-36-38-40-41-42-43-44-45-46-47-49-51-53-55-57-59-61-63-65-67-69-71-73-75-77-79-81-88(91)97-86(85-96-98(92,93)95-83-82-89(3,4)5)84-94-87(90)80-78-76-74-72-70-68-66-64-62-60-58-56-54-52-50-48-39-37-35-33-31-29-27-25-23-21-19-17-15-13-11-9-7-2/h8,10,14,16,20,22,25-28,86H,6-7,9,11-13,15,17-19,21,23-24,29-85H2,1-5H3/b10-8-,16-14-,22-20-,27-25-,28-26-. The average Bonchev–Trinajstić information content (AvgIpc) is 1.08. The largest absolute Gasteiger partial charge is 0.756 e. The molecule has 0 fully saturated rings. The Morgan fingerprint density at radius 2 is 0.582 bits per heavy atom. The molecule has 0 aromatic carbocycles. The number of esters is 2. The molecule has 0 aliphatic heterocycles. The van der Waals surface area contributed by atoms with Gasteiger partial charge in [0, 0.05) is 12.8 Å². The maximum Gasteiger partial charge on any atom is 0.306 e. The lowest BCUT2D eigenvalue weighted by molar-refractivity contribution is -0.870. The fourth-order valence-corrected chi connectivity index (χ4v) is 13.7. The van der Waals surface area contributed by atoms with Gasteiger partial charge >= 0.3 is 11.9 Å². The molecule has 0 rings (SSSR count). The molecule has 0 heterocycles. The molecule has 0 spiro atoms. The Kier molecular flexibility index (Phi) is 77.0. The number of quaternary nitrogens is 1. The molecule has 0 saturated carbocycles.